The van der Waals surface area contributed by atoms with Crippen molar-refractivity contribution >= 4 is 35.2 Å². The number of carbonyl (C=O) groups is 3. The SMILES string of the molecule is Cc1ccc(SCC(=O)OCC(=O)NCC(=O)Nc2c(C)cc(C)cc2C)cc1. The van der Waals surface area contributed by atoms with Gasteiger partial charge in [0.05, 0.1) is 12.3 Å². The van der Waals surface area contributed by atoms with Crippen molar-refractivity contribution in [2.45, 2.75) is 32.6 Å². The van der Waals surface area contributed by atoms with Crippen molar-refractivity contribution in [3.8, 4) is 0 Å². The minimum atomic E-state index is -0.522. The summed E-state index contributed by atoms with van der Waals surface area (Å²) in [6, 6.07) is 11.7. The highest BCUT2D eigenvalue weighted by Gasteiger charge is 2.12. The molecule has 154 valence electrons. The van der Waals surface area contributed by atoms with Crippen molar-refractivity contribution in [1.29, 1.82) is 0 Å². The molecule has 0 aliphatic rings. The van der Waals surface area contributed by atoms with Crippen LogP contribution in [0.3, 0.4) is 0 Å². The highest BCUT2D eigenvalue weighted by atomic mass is 32.2. The molecule has 2 aromatic carbocycles. The molecule has 0 aliphatic heterocycles. The van der Waals surface area contributed by atoms with E-state index in [1.54, 1.807) is 0 Å². The third-order valence-electron chi connectivity index (χ3n) is 4.13. The zero-order chi connectivity index (χ0) is 21.4. The van der Waals surface area contributed by atoms with Gasteiger partial charge in [-0.05, 0) is 51.0 Å². The number of anilines is 1. The highest BCUT2D eigenvalue weighted by Crippen LogP contribution is 2.21. The van der Waals surface area contributed by atoms with Crippen LogP contribution in [0.25, 0.3) is 0 Å². The Morgan fingerprint density at radius 1 is 0.897 bits per heavy atom. The summed E-state index contributed by atoms with van der Waals surface area (Å²) in [6.07, 6.45) is 0. The average Bonchev–Trinajstić information content (AvgIpc) is 2.67. The molecule has 0 saturated carbocycles. The lowest BCUT2D eigenvalue weighted by Crippen LogP contribution is -2.36. The average molecular weight is 415 g/mol. The van der Waals surface area contributed by atoms with E-state index in [2.05, 4.69) is 10.6 Å². The first kappa shape index (κ1) is 22.5. The van der Waals surface area contributed by atoms with Crippen molar-refractivity contribution in [1.82, 2.24) is 5.32 Å². The van der Waals surface area contributed by atoms with E-state index in [0.29, 0.717) is 0 Å². The van der Waals surface area contributed by atoms with Gasteiger partial charge < -0.3 is 15.4 Å². The van der Waals surface area contributed by atoms with Crippen LogP contribution in [0.4, 0.5) is 5.69 Å². The van der Waals surface area contributed by atoms with Gasteiger partial charge in [0, 0.05) is 10.6 Å². The van der Waals surface area contributed by atoms with E-state index >= 15 is 0 Å². The molecule has 2 rings (SSSR count). The van der Waals surface area contributed by atoms with Gasteiger partial charge in [0.2, 0.25) is 5.91 Å². The van der Waals surface area contributed by atoms with E-state index in [-0.39, 0.29) is 18.2 Å². The van der Waals surface area contributed by atoms with Gasteiger partial charge in [-0.2, -0.15) is 0 Å². The number of ether oxygens (including phenoxy) is 1. The van der Waals surface area contributed by atoms with Crippen molar-refractivity contribution in [3.05, 3.63) is 58.7 Å². The standard InChI is InChI=1S/C22H26N2O4S/c1-14-5-7-18(8-6-14)29-13-21(27)28-12-20(26)23-11-19(25)24-22-16(3)9-15(2)10-17(22)4/h5-10H,11-13H2,1-4H3,(H,23,26)(H,24,25). The van der Waals surface area contributed by atoms with E-state index in [9.17, 15) is 14.4 Å². The number of nitrogens with one attached hydrogen (secondary N) is 2. The smallest absolute Gasteiger partial charge is 0.316 e. The second-order valence-electron chi connectivity index (χ2n) is 6.86. The van der Waals surface area contributed by atoms with E-state index in [0.717, 1.165) is 32.8 Å². The second-order valence-corrected chi connectivity index (χ2v) is 7.91. The summed E-state index contributed by atoms with van der Waals surface area (Å²) in [6.45, 7) is 7.21. The van der Waals surface area contributed by atoms with E-state index in [4.69, 9.17) is 4.74 Å². The van der Waals surface area contributed by atoms with Gasteiger partial charge in [0.25, 0.3) is 5.91 Å². The van der Waals surface area contributed by atoms with Gasteiger partial charge in [0.1, 0.15) is 0 Å². The summed E-state index contributed by atoms with van der Waals surface area (Å²) in [7, 11) is 0. The minimum Gasteiger partial charge on any atom is -0.455 e. The van der Waals surface area contributed by atoms with Crippen LogP contribution in [0, 0.1) is 27.7 Å². The first-order chi connectivity index (χ1) is 13.7. The van der Waals surface area contributed by atoms with Crippen LogP contribution in [0.5, 0.6) is 0 Å². The molecule has 0 radical (unpaired) electrons. The van der Waals surface area contributed by atoms with Gasteiger partial charge >= 0.3 is 5.97 Å². The van der Waals surface area contributed by atoms with E-state index in [1.165, 1.54) is 11.8 Å². The Labute approximate surface area is 175 Å². The zero-order valence-electron chi connectivity index (χ0n) is 17.1. The molecule has 0 heterocycles. The van der Waals surface area contributed by atoms with E-state index in [1.807, 2.05) is 64.1 Å². The summed E-state index contributed by atoms with van der Waals surface area (Å²) >= 11 is 1.34. The van der Waals surface area contributed by atoms with Crippen molar-refractivity contribution in [2.24, 2.45) is 0 Å². The van der Waals surface area contributed by atoms with Crippen molar-refractivity contribution < 1.29 is 19.1 Å². The minimum absolute atomic E-state index is 0.114. The highest BCUT2D eigenvalue weighted by molar-refractivity contribution is 8.00. The van der Waals surface area contributed by atoms with Gasteiger partial charge in [-0.15, -0.1) is 11.8 Å². The number of benzene rings is 2. The normalized spacial score (nSPS) is 10.3. The Morgan fingerprint density at radius 3 is 2.14 bits per heavy atom. The predicted octanol–water partition coefficient (Wildman–Crippen LogP) is 3.31. The van der Waals surface area contributed by atoms with Crippen LogP contribution < -0.4 is 10.6 Å². The Kier molecular flexibility index (Phi) is 8.27. The van der Waals surface area contributed by atoms with Gasteiger partial charge in [-0.3, -0.25) is 14.4 Å². The first-order valence-corrected chi connectivity index (χ1v) is 10.2. The molecule has 0 saturated heterocycles. The maximum absolute atomic E-state index is 12.1. The Morgan fingerprint density at radius 2 is 1.52 bits per heavy atom. The van der Waals surface area contributed by atoms with Crippen LogP contribution >= 0.6 is 11.8 Å². The van der Waals surface area contributed by atoms with Crippen LogP contribution in [0.2, 0.25) is 0 Å². The number of hydrogen-bond acceptors (Lipinski definition) is 5. The second kappa shape index (κ2) is 10.7. The molecule has 0 atom stereocenters. The molecule has 29 heavy (non-hydrogen) atoms. The lowest BCUT2D eigenvalue weighted by atomic mass is 10.1. The fourth-order valence-electron chi connectivity index (χ4n) is 2.76. The van der Waals surface area contributed by atoms with Crippen LogP contribution in [0.15, 0.2) is 41.3 Å². The molecule has 7 heteroatoms. The summed E-state index contributed by atoms with van der Waals surface area (Å²) in [5.41, 5.74) is 4.93. The first-order valence-electron chi connectivity index (χ1n) is 9.24. The fraction of sp³-hybridized carbons (Fsp3) is 0.318. The Balaban J connectivity index is 1.69. The van der Waals surface area contributed by atoms with Gasteiger partial charge in [-0.1, -0.05) is 35.4 Å². The zero-order valence-corrected chi connectivity index (χ0v) is 17.9. The molecule has 6 nitrogen and oxygen atoms in total. The molecule has 0 aromatic heterocycles. The number of hydrogen-bond donors (Lipinski definition) is 2. The molecular weight excluding hydrogens is 388 g/mol. The Hall–Kier alpha value is -2.80. The number of rotatable bonds is 8. The van der Waals surface area contributed by atoms with Crippen molar-refractivity contribution in [3.63, 3.8) is 0 Å². The summed E-state index contributed by atoms with van der Waals surface area (Å²) < 4.78 is 4.95. The topological polar surface area (TPSA) is 84.5 Å². The molecule has 0 bridgehead atoms. The molecule has 0 fully saturated rings. The number of amides is 2. The third-order valence-corrected chi connectivity index (χ3v) is 5.12. The van der Waals surface area contributed by atoms with Crippen LogP contribution in [-0.2, 0) is 19.1 Å². The number of carbonyl (C=O) groups excluding carboxylic acids is 3. The number of esters is 1. The maximum atomic E-state index is 12.1. The predicted molar refractivity (Wildman–Crippen MR) is 115 cm³/mol. The lowest BCUT2D eigenvalue weighted by Gasteiger charge is -2.13. The van der Waals surface area contributed by atoms with Crippen LogP contribution in [-0.4, -0.2) is 36.7 Å². The largest absolute Gasteiger partial charge is 0.455 e. The summed E-state index contributed by atoms with van der Waals surface area (Å²) in [4.78, 5) is 36.6. The van der Waals surface area contributed by atoms with Gasteiger partial charge in [0.15, 0.2) is 6.61 Å². The molecule has 0 aliphatic carbocycles. The Bertz CT molecular complexity index is 871. The third kappa shape index (κ3) is 7.62. The molecule has 2 N–H and O–H groups in total. The molecule has 2 amide bonds. The summed E-state index contributed by atoms with van der Waals surface area (Å²) in [5.74, 6) is -1.23. The van der Waals surface area contributed by atoms with E-state index < -0.39 is 18.5 Å². The maximum Gasteiger partial charge on any atom is 0.316 e. The number of aryl methyl sites for hydroxylation is 4. The number of thioether (sulfide) groups is 1. The molecule has 2 aromatic rings. The molecular formula is C22H26N2O4S. The molecule has 0 spiro atoms. The lowest BCUT2D eigenvalue weighted by molar-refractivity contribution is -0.146. The fourth-order valence-corrected chi connectivity index (χ4v) is 3.45. The quantitative estimate of drug-likeness (QED) is 0.511. The van der Waals surface area contributed by atoms with Crippen LogP contribution in [0.1, 0.15) is 22.3 Å². The monoisotopic (exact) mass is 414 g/mol. The summed E-state index contributed by atoms with van der Waals surface area (Å²) in [5, 5.41) is 5.26. The van der Waals surface area contributed by atoms with Gasteiger partial charge in [-0.25, -0.2) is 0 Å². The molecule has 0 unspecified atom stereocenters. The van der Waals surface area contributed by atoms with Crippen molar-refractivity contribution in [2.75, 3.05) is 24.2 Å².